The van der Waals surface area contributed by atoms with Crippen molar-refractivity contribution in [2.45, 2.75) is 26.3 Å². The monoisotopic (exact) mass is 246 g/mol. The highest BCUT2D eigenvalue weighted by Crippen LogP contribution is 2.22. The smallest absolute Gasteiger partial charge is 0.254 e. The second kappa shape index (κ2) is 4.20. The van der Waals surface area contributed by atoms with Gasteiger partial charge in [0.15, 0.2) is 0 Å². The van der Waals surface area contributed by atoms with E-state index in [1.54, 1.807) is 4.52 Å². The maximum atomic E-state index is 6.16. The molecule has 1 saturated heterocycles. The van der Waals surface area contributed by atoms with Crippen LogP contribution in [-0.2, 0) is 0 Å². The Morgan fingerprint density at radius 3 is 3.06 bits per heavy atom. The van der Waals surface area contributed by atoms with Crippen LogP contribution in [0.5, 0.6) is 0 Å². The maximum Gasteiger partial charge on any atom is 0.254 e. The van der Waals surface area contributed by atoms with Crippen LogP contribution in [0.1, 0.15) is 19.0 Å². The average molecular weight is 246 g/mol. The number of rotatable bonds is 1. The number of nitrogens with two attached hydrogens (primary N) is 1. The zero-order valence-electron chi connectivity index (χ0n) is 10.7. The maximum absolute atomic E-state index is 6.16. The summed E-state index contributed by atoms with van der Waals surface area (Å²) in [6.07, 6.45) is 2.65. The van der Waals surface area contributed by atoms with E-state index < -0.39 is 0 Å². The number of anilines is 1. The molecule has 1 aliphatic heterocycles. The van der Waals surface area contributed by atoms with Gasteiger partial charge in [-0.15, -0.1) is 0 Å². The summed E-state index contributed by atoms with van der Waals surface area (Å²) >= 11 is 0. The van der Waals surface area contributed by atoms with Gasteiger partial charge >= 0.3 is 0 Å². The van der Waals surface area contributed by atoms with Crippen molar-refractivity contribution in [1.82, 2.24) is 19.6 Å². The molecular formula is C12H18N6. The molecule has 0 bridgehead atoms. The summed E-state index contributed by atoms with van der Waals surface area (Å²) in [5.41, 5.74) is 7.12. The number of aryl methyl sites for hydroxylation is 1. The molecule has 2 unspecified atom stereocenters. The van der Waals surface area contributed by atoms with Gasteiger partial charge < -0.3 is 10.6 Å². The van der Waals surface area contributed by atoms with Crippen LogP contribution in [0, 0.1) is 12.8 Å². The Hall–Kier alpha value is -1.69. The highest BCUT2D eigenvalue weighted by molar-refractivity contribution is 5.47. The lowest BCUT2D eigenvalue weighted by Gasteiger charge is -2.36. The van der Waals surface area contributed by atoms with Gasteiger partial charge in [0.25, 0.3) is 5.78 Å². The molecule has 0 spiro atoms. The predicted molar refractivity (Wildman–Crippen MR) is 69.5 cm³/mol. The predicted octanol–water partition coefficient (Wildman–Crippen LogP) is 0.606. The molecule has 6 nitrogen and oxygen atoms in total. The molecule has 18 heavy (non-hydrogen) atoms. The van der Waals surface area contributed by atoms with Crippen LogP contribution in [0.2, 0.25) is 0 Å². The van der Waals surface area contributed by atoms with Crippen molar-refractivity contribution in [1.29, 1.82) is 0 Å². The Bertz CT molecular complexity index is 563. The molecule has 2 aromatic heterocycles. The van der Waals surface area contributed by atoms with Gasteiger partial charge in [0.05, 0.1) is 0 Å². The number of hydrogen-bond donors (Lipinski definition) is 1. The van der Waals surface area contributed by atoms with Crippen LogP contribution in [0.25, 0.3) is 5.78 Å². The lowest BCUT2D eigenvalue weighted by molar-refractivity contribution is 0.377. The van der Waals surface area contributed by atoms with Crippen LogP contribution in [0.15, 0.2) is 12.4 Å². The number of nitrogens with zero attached hydrogens (tertiary/aromatic N) is 5. The Labute approximate surface area is 106 Å². The second-order valence-corrected chi connectivity index (χ2v) is 5.10. The molecule has 2 aromatic rings. The lowest BCUT2D eigenvalue weighted by atomic mass is 9.94. The summed E-state index contributed by atoms with van der Waals surface area (Å²) in [6.45, 7) is 6.06. The molecule has 0 radical (unpaired) electrons. The molecule has 2 atom stereocenters. The second-order valence-electron chi connectivity index (χ2n) is 5.10. The normalized spacial score (nSPS) is 24.7. The van der Waals surface area contributed by atoms with Gasteiger partial charge in [-0.2, -0.15) is 14.6 Å². The molecule has 0 aromatic carbocycles. The van der Waals surface area contributed by atoms with E-state index in [0.29, 0.717) is 11.7 Å². The minimum atomic E-state index is 0.214. The first-order valence-corrected chi connectivity index (χ1v) is 6.33. The number of fused-ring (bicyclic) bond motifs is 1. The zero-order valence-corrected chi connectivity index (χ0v) is 10.7. The quantitative estimate of drug-likeness (QED) is 0.798. The SMILES string of the molecule is Cc1cc(N2CCC(C)C(N)C2)n2ncnc2n1. The summed E-state index contributed by atoms with van der Waals surface area (Å²) < 4.78 is 1.79. The third-order valence-electron chi connectivity index (χ3n) is 3.70. The van der Waals surface area contributed by atoms with E-state index in [0.717, 1.165) is 31.0 Å². The molecule has 3 heterocycles. The molecule has 1 fully saturated rings. The van der Waals surface area contributed by atoms with E-state index in [2.05, 4.69) is 26.9 Å². The minimum absolute atomic E-state index is 0.214. The summed E-state index contributed by atoms with van der Waals surface area (Å²) in [5, 5.41) is 4.24. The average Bonchev–Trinajstić information content (AvgIpc) is 2.79. The lowest BCUT2D eigenvalue weighted by Crippen LogP contribution is -2.48. The van der Waals surface area contributed by atoms with Crippen LogP contribution < -0.4 is 10.6 Å². The van der Waals surface area contributed by atoms with E-state index >= 15 is 0 Å². The van der Waals surface area contributed by atoms with Crippen LogP contribution in [0.4, 0.5) is 5.82 Å². The summed E-state index contributed by atoms with van der Waals surface area (Å²) in [7, 11) is 0. The Balaban J connectivity index is 2.01. The number of piperidine rings is 1. The van der Waals surface area contributed by atoms with Gasteiger partial charge in [-0.25, -0.2) is 4.98 Å². The molecule has 3 rings (SSSR count). The van der Waals surface area contributed by atoms with Gasteiger partial charge in [0.2, 0.25) is 0 Å². The molecule has 2 N–H and O–H groups in total. The van der Waals surface area contributed by atoms with E-state index in [1.165, 1.54) is 6.33 Å². The summed E-state index contributed by atoms with van der Waals surface area (Å²) in [4.78, 5) is 10.8. The van der Waals surface area contributed by atoms with Crippen molar-refractivity contribution in [2.24, 2.45) is 11.7 Å². The first-order valence-electron chi connectivity index (χ1n) is 6.33. The number of aromatic nitrogens is 4. The van der Waals surface area contributed by atoms with E-state index in [1.807, 2.05) is 13.0 Å². The van der Waals surface area contributed by atoms with Gasteiger partial charge in [-0.3, -0.25) is 0 Å². The molecular weight excluding hydrogens is 228 g/mol. The van der Waals surface area contributed by atoms with Crippen molar-refractivity contribution in [2.75, 3.05) is 18.0 Å². The van der Waals surface area contributed by atoms with Crippen LogP contribution >= 0.6 is 0 Å². The molecule has 1 aliphatic rings. The van der Waals surface area contributed by atoms with Gasteiger partial charge in [-0.1, -0.05) is 6.92 Å². The van der Waals surface area contributed by atoms with E-state index in [-0.39, 0.29) is 6.04 Å². The van der Waals surface area contributed by atoms with Crippen molar-refractivity contribution >= 4 is 11.6 Å². The Morgan fingerprint density at radius 1 is 1.44 bits per heavy atom. The third-order valence-corrected chi connectivity index (χ3v) is 3.70. The van der Waals surface area contributed by atoms with Gasteiger partial charge in [-0.05, 0) is 19.3 Å². The topological polar surface area (TPSA) is 72.3 Å². The third kappa shape index (κ3) is 1.82. The fourth-order valence-electron chi connectivity index (χ4n) is 2.44. The molecule has 96 valence electrons. The number of hydrogen-bond acceptors (Lipinski definition) is 5. The first kappa shape index (κ1) is 11.4. The fourth-order valence-corrected chi connectivity index (χ4v) is 2.44. The first-order chi connectivity index (χ1) is 8.65. The van der Waals surface area contributed by atoms with E-state index in [9.17, 15) is 0 Å². The highest BCUT2D eigenvalue weighted by Gasteiger charge is 2.25. The molecule has 0 saturated carbocycles. The highest BCUT2D eigenvalue weighted by atomic mass is 15.4. The van der Waals surface area contributed by atoms with Crippen LogP contribution in [-0.4, -0.2) is 38.7 Å². The summed E-state index contributed by atoms with van der Waals surface area (Å²) in [5.74, 6) is 2.27. The van der Waals surface area contributed by atoms with Crippen molar-refractivity contribution in [3.63, 3.8) is 0 Å². The van der Waals surface area contributed by atoms with Crippen molar-refractivity contribution in [3.8, 4) is 0 Å². The van der Waals surface area contributed by atoms with Gasteiger partial charge in [0, 0.05) is 30.9 Å². The fraction of sp³-hybridized carbons (Fsp3) is 0.583. The molecule has 0 amide bonds. The Morgan fingerprint density at radius 2 is 2.28 bits per heavy atom. The molecule has 6 heteroatoms. The van der Waals surface area contributed by atoms with E-state index in [4.69, 9.17) is 5.73 Å². The standard InChI is InChI=1S/C12H18N6/c1-8-3-4-17(6-10(8)13)11-5-9(2)16-12-14-7-15-18(11)12/h5,7-8,10H,3-4,6,13H2,1-2H3. The van der Waals surface area contributed by atoms with Crippen molar-refractivity contribution < 1.29 is 0 Å². The summed E-state index contributed by atoms with van der Waals surface area (Å²) in [6, 6.07) is 2.26. The van der Waals surface area contributed by atoms with Crippen LogP contribution in [0.3, 0.4) is 0 Å². The van der Waals surface area contributed by atoms with Crippen molar-refractivity contribution in [3.05, 3.63) is 18.1 Å². The zero-order chi connectivity index (χ0) is 12.7. The minimum Gasteiger partial charge on any atom is -0.355 e. The largest absolute Gasteiger partial charge is 0.355 e. The van der Waals surface area contributed by atoms with Gasteiger partial charge in [0.1, 0.15) is 12.1 Å². The molecule has 0 aliphatic carbocycles. The Kier molecular flexibility index (Phi) is 2.66.